The Labute approximate surface area is 124 Å². The highest BCUT2D eigenvalue weighted by atomic mass is 16.1. The van der Waals surface area contributed by atoms with Gasteiger partial charge in [-0.3, -0.25) is 4.79 Å². The van der Waals surface area contributed by atoms with Gasteiger partial charge >= 0.3 is 0 Å². The average Bonchev–Trinajstić information content (AvgIpc) is 2.48. The van der Waals surface area contributed by atoms with E-state index in [9.17, 15) is 4.79 Å². The fraction of sp³-hybridized carbons (Fsp3) is 0.941. The molecule has 2 saturated carbocycles. The van der Waals surface area contributed by atoms with Crippen molar-refractivity contribution in [1.29, 1.82) is 0 Å². The molecule has 2 aliphatic carbocycles. The molecule has 1 amide bonds. The van der Waals surface area contributed by atoms with Gasteiger partial charge in [0.25, 0.3) is 0 Å². The van der Waals surface area contributed by atoms with Crippen molar-refractivity contribution in [1.82, 2.24) is 5.32 Å². The smallest absolute Gasteiger partial charge is 0.223 e. The van der Waals surface area contributed by atoms with E-state index in [1.807, 2.05) is 0 Å². The van der Waals surface area contributed by atoms with Gasteiger partial charge < -0.3 is 11.1 Å². The Kier molecular flexibility index (Phi) is 6.34. The van der Waals surface area contributed by atoms with Crippen LogP contribution in [0.1, 0.15) is 71.1 Å². The van der Waals surface area contributed by atoms with Gasteiger partial charge in [0.05, 0.1) is 0 Å². The van der Waals surface area contributed by atoms with E-state index in [4.69, 9.17) is 5.73 Å². The molecule has 2 rings (SSSR count). The van der Waals surface area contributed by atoms with E-state index in [0.717, 1.165) is 25.8 Å². The average molecular weight is 280 g/mol. The Morgan fingerprint density at radius 3 is 2.70 bits per heavy atom. The van der Waals surface area contributed by atoms with Crippen LogP contribution in [0.15, 0.2) is 0 Å². The highest BCUT2D eigenvalue weighted by Gasteiger charge is 2.30. The first-order valence-corrected chi connectivity index (χ1v) is 8.75. The molecular weight excluding hydrogens is 248 g/mol. The number of amides is 1. The van der Waals surface area contributed by atoms with E-state index < -0.39 is 0 Å². The van der Waals surface area contributed by atoms with Crippen molar-refractivity contribution in [2.24, 2.45) is 23.5 Å². The minimum atomic E-state index is 0.250. The number of rotatable bonds is 5. The molecule has 0 aromatic rings. The summed E-state index contributed by atoms with van der Waals surface area (Å²) in [6, 6.07) is 0.441. The van der Waals surface area contributed by atoms with Crippen LogP contribution in [0.3, 0.4) is 0 Å². The van der Waals surface area contributed by atoms with Crippen molar-refractivity contribution in [2.75, 3.05) is 6.54 Å². The lowest BCUT2D eigenvalue weighted by Crippen LogP contribution is -2.45. The van der Waals surface area contributed by atoms with Crippen molar-refractivity contribution in [2.45, 2.75) is 77.2 Å². The molecule has 3 N–H and O–H groups in total. The van der Waals surface area contributed by atoms with Crippen molar-refractivity contribution in [3.8, 4) is 0 Å². The molecule has 0 bridgehead atoms. The Morgan fingerprint density at radius 1 is 1.15 bits per heavy atom. The molecule has 3 nitrogen and oxygen atoms in total. The number of nitrogens with one attached hydrogen (secondary N) is 1. The number of nitrogens with two attached hydrogens (primary N) is 1. The van der Waals surface area contributed by atoms with Gasteiger partial charge in [-0.2, -0.15) is 0 Å². The molecule has 0 heterocycles. The lowest BCUT2D eigenvalue weighted by Gasteiger charge is -2.34. The van der Waals surface area contributed by atoms with Crippen LogP contribution in [0.4, 0.5) is 0 Å². The standard InChI is InChI=1S/C17H32N2O/c1-2-14-7-3-4-9-16(14)19-17(20)15-8-5-6-13(12-15)10-11-18/h13-16H,2-12,18H2,1H3,(H,19,20). The normalized spacial score (nSPS) is 34.7. The molecule has 4 unspecified atom stereocenters. The number of hydrogen-bond acceptors (Lipinski definition) is 2. The zero-order valence-electron chi connectivity index (χ0n) is 13.1. The maximum atomic E-state index is 12.5. The molecule has 0 spiro atoms. The summed E-state index contributed by atoms with van der Waals surface area (Å²) in [4.78, 5) is 12.5. The van der Waals surface area contributed by atoms with Crippen LogP contribution >= 0.6 is 0 Å². The third-order valence-electron chi connectivity index (χ3n) is 5.49. The van der Waals surface area contributed by atoms with Crippen LogP contribution in [0.5, 0.6) is 0 Å². The molecule has 4 atom stereocenters. The Morgan fingerprint density at radius 2 is 1.95 bits per heavy atom. The molecule has 0 aromatic heterocycles. The first-order valence-electron chi connectivity index (χ1n) is 8.75. The van der Waals surface area contributed by atoms with Crippen molar-refractivity contribution in [3.05, 3.63) is 0 Å². The first kappa shape index (κ1) is 15.8. The zero-order chi connectivity index (χ0) is 14.4. The van der Waals surface area contributed by atoms with E-state index in [1.165, 1.54) is 44.9 Å². The van der Waals surface area contributed by atoms with Gasteiger partial charge in [-0.25, -0.2) is 0 Å². The summed E-state index contributed by atoms with van der Waals surface area (Å²) in [5, 5.41) is 3.38. The second-order valence-corrected chi connectivity index (χ2v) is 6.87. The predicted octanol–water partition coefficient (Wildman–Crippen LogP) is 3.23. The molecule has 20 heavy (non-hydrogen) atoms. The summed E-state index contributed by atoms with van der Waals surface area (Å²) in [7, 11) is 0. The summed E-state index contributed by atoms with van der Waals surface area (Å²) in [5.74, 6) is 1.96. The van der Waals surface area contributed by atoms with Crippen LogP contribution < -0.4 is 11.1 Å². The number of carbonyl (C=O) groups excluding carboxylic acids is 1. The summed E-state index contributed by atoms with van der Waals surface area (Å²) in [6.07, 6.45) is 12.0. The monoisotopic (exact) mass is 280 g/mol. The Balaban J connectivity index is 1.83. The summed E-state index contributed by atoms with van der Waals surface area (Å²) in [5.41, 5.74) is 5.67. The van der Waals surface area contributed by atoms with Gasteiger partial charge in [-0.15, -0.1) is 0 Å². The van der Waals surface area contributed by atoms with E-state index in [1.54, 1.807) is 0 Å². The summed E-state index contributed by atoms with van der Waals surface area (Å²) >= 11 is 0. The van der Waals surface area contributed by atoms with Gasteiger partial charge in [0.15, 0.2) is 0 Å². The molecule has 0 aromatic carbocycles. The van der Waals surface area contributed by atoms with Gasteiger partial charge in [0, 0.05) is 12.0 Å². The minimum absolute atomic E-state index is 0.250. The Bertz CT molecular complexity index is 303. The van der Waals surface area contributed by atoms with Gasteiger partial charge in [-0.05, 0) is 50.5 Å². The highest BCUT2D eigenvalue weighted by Crippen LogP contribution is 2.32. The molecule has 116 valence electrons. The third-order valence-corrected chi connectivity index (χ3v) is 5.49. The van der Waals surface area contributed by atoms with E-state index in [2.05, 4.69) is 12.2 Å². The van der Waals surface area contributed by atoms with Gasteiger partial charge in [0.1, 0.15) is 0 Å². The summed E-state index contributed by atoms with van der Waals surface area (Å²) in [6.45, 7) is 3.02. The van der Waals surface area contributed by atoms with Gasteiger partial charge in [-0.1, -0.05) is 39.0 Å². The third kappa shape index (κ3) is 4.21. The lowest BCUT2D eigenvalue weighted by molar-refractivity contribution is -0.127. The fourth-order valence-corrected chi connectivity index (χ4v) is 4.21. The minimum Gasteiger partial charge on any atom is -0.353 e. The maximum absolute atomic E-state index is 12.5. The second-order valence-electron chi connectivity index (χ2n) is 6.87. The molecule has 2 fully saturated rings. The van der Waals surface area contributed by atoms with E-state index >= 15 is 0 Å². The molecule has 0 radical (unpaired) electrons. The van der Waals surface area contributed by atoms with Crippen LogP contribution in [-0.2, 0) is 4.79 Å². The summed E-state index contributed by atoms with van der Waals surface area (Å²) < 4.78 is 0. The van der Waals surface area contributed by atoms with Crippen LogP contribution in [0.25, 0.3) is 0 Å². The van der Waals surface area contributed by atoms with E-state index in [0.29, 0.717) is 23.8 Å². The molecule has 3 heteroatoms. The number of carbonyl (C=O) groups is 1. The fourth-order valence-electron chi connectivity index (χ4n) is 4.21. The molecule has 0 aliphatic heterocycles. The molecular formula is C17H32N2O. The predicted molar refractivity (Wildman–Crippen MR) is 83.3 cm³/mol. The Hall–Kier alpha value is -0.570. The zero-order valence-corrected chi connectivity index (χ0v) is 13.1. The van der Waals surface area contributed by atoms with Gasteiger partial charge in [0.2, 0.25) is 5.91 Å². The maximum Gasteiger partial charge on any atom is 0.223 e. The topological polar surface area (TPSA) is 55.1 Å². The van der Waals surface area contributed by atoms with Crippen LogP contribution in [0, 0.1) is 17.8 Å². The van der Waals surface area contributed by atoms with Crippen LogP contribution in [-0.4, -0.2) is 18.5 Å². The van der Waals surface area contributed by atoms with Crippen molar-refractivity contribution >= 4 is 5.91 Å². The van der Waals surface area contributed by atoms with Crippen molar-refractivity contribution < 1.29 is 4.79 Å². The first-order chi connectivity index (χ1) is 9.74. The molecule has 2 aliphatic rings. The van der Waals surface area contributed by atoms with Crippen LogP contribution in [0.2, 0.25) is 0 Å². The highest BCUT2D eigenvalue weighted by molar-refractivity contribution is 5.79. The quantitative estimate of drug-likeness (QED) is 0.812. The lowest BCUT2D eigenvalue weighted by atomic mass is 9.78. The van der Waals surface area contributed by atoms with E-state index in [-0.39, 0.29) is 5.92 Å². The molecule has 0 saturated heterocycles. The van der Waals surface area contributed by atoms with Crippen molar-refractivity contribution in [3.63, 3.8) is 0 Å². The largest absolute Gasteiger partial charge is 0.353 e. The number of hydrogen-bond donors (Lipinski definition) is 2. The SMILES string of the molecule is CCC1CCCCC1NC(=O)C1CCCC(CCN)C1. The second kappa shape index (κ2) is 8.02.